The summed E-state index contributed by atoms with van der Waals surface area (Å²) in [7, 11) is 1.61. The second-order valence-corrected chi connectivity index (χ2v) is 5.03. The number of oxazole rings is 1. The lowest BCUT2D eigenvalue weighted by atomic mass is 10.0. The first-order valence-corrected chi connectivity index (χ1v) is 6.86. The number of hydrogen-bond donors (Lipinski definition) is 1. The summed E-state index contributed by atoms with van der Waals surface area (Å²) in [4.78, 5) is 15.5. The van der Waals surface area contributed by atoms with E-state index in [0.717, 1.165) is 11.3 Å². The number of nitrogens with zero attached hydrogens (tertiary/aromatic N) is 1. The van der Waals surface area contributed by atoms with E-state index in [2.05, 4.69) is 4.98 Å². The van der Waals surface area contributed by atoms with Gasteiger partial charge in [0, 0.05) is 5.56 Å². The van der Waals surface area contributed by atoms with Crippen molar-refractivity contribution in [2.45, 2.75) is 12.8 Å². The zero-order valence-electron chi connectivity index (χ0n) is 12.2. The average Bonchev–Trinajstić information content (AvgIpc) is 2.97. The summed E-state index contributed by atoms with van der Waals surface area (Å²) >= 11 is 0. The molecule has 2 aromatic carbocycles. The molecule has 0 amide bonds. The first kappa shape index (κ1) is 14.1. The highest BCUT2D eigenvalue weighted by Crippen LogP contribution is 2.28. The lowest BCUT2D eigenvalue weighted by Crippen LogP contribution is -2.06. The highest BCUT2D eigenvalue weighted by molar-refractivity contribution is 5.81. The van der Waals surface area contributed by atoms with Crippen LogP contribution in [-0.2, 0) is 4.79 Å². The molecule has 0 saturated heterocycles. The van der Waals surface area contributed by atoms with Crippen LogP contribution in [-0.4, -0.2) is 23.2 Å². The highest BCUT2D eigenvalue weighted by atomic mass is 16.5. The molecule has 1 atom stereocenters. The number of fused-ring (bicyclic) bond motifs is 1. The van der Waals surface area contributed by atoms with Gasteiger partial charge in [0.2, 0.25) is 5.89 Å². The Morgan fingerprint density at radius 2 is 1.95 bits per heavy atom. The van der Waals surface area contributed by atoms with E-state index in [1.807, 2.05) is 24.3 Å². The van der Waals surface area contributed by atoms with Crippen LogP contribution in [0.5, 0.6) is 5.75 Å². The number of ether oxygens (including phenoxy) is 1. The molecule has 5 nitrogen and oxygen atoms in total. The summed E-state index contributed by atoms with van der Waals surface area (Å²) in [5.41, 5.74) is 2.82. The van der Waals surface area contributed by atoms with E-state index in [1.165, 1.54) is 0 Å². The van der Waals surface area contributed by atoms with E-state index in [0.29, 0.717) is 22.6 Å². The van der Waals surface area contributed by atoms with E-state index in [1.54, 1.807) is 32.2 Å². The largest absolute Gasteiger partial charge is 0.497 e. The Bertz CT molecular complexity index is 820. The molecule has 3 rings (SSSR count). The smallest absolute Gasteiger partial charge is 0.310 e. The SMILES string of the molecule is COc1ccc(-c2nc3cc([C@H](C)C(=O)O)ccc3o2)cc1. The maximum Gasteiger partial charge on any atom is 0.310 e. The van der Waals surface area contributed by atoms with Crippen LogP contribution in [0.2, 0.25) is 0 Å². The average molecular weight is 297 g/mol. The molecule has 0 aliphatic rings. The molecule has 3 aromatic rings. The lowest BCUT2D eigenvalue weighted by Gasteiger charge is -2.04. The Kier molecular flexibility index (Phi) is 3.55. The molecule has 0 aliphatic carbocycles. The van der Waals surface area contributed by atoms with Crippen molar-refractivity contribution in [1.29, 1.82) is 0 Å². The van der Waals surface area contributed by atoms with Crippen molar-refractivity contribution in [2.24, 2.45) is 0 Å². The van der Waals surface area contributed by atoms with Gasteiger partial charge in [0.15, 0.2) is 5.58 Å². The molecule has 0 bridgehead atoms. The second kappa shape index (κ2) is 5.52. The van der Waals surface area contributed by atoms with Crippen LogP contribution in [0.1, 0.15) is 18.4 Å². The molecule has 0 spiro atoms. The minimum absolute atomic E-state index is 0.498. The first-order chi connectivity index (χ1) is 10.6. The van der Waals surface area contributed by atoms with Crippen molar-refractivity contribution in [3.8, 4) is 17.2 Å². The molecule has 1 aromatic heterocycles. The van der Waals surface area contributed by atoms with E-state index in [-0.39, 0.29) is 0 Å². The topological polar surface area (TPSA) is 72.6 Å². The predicted octanol–water partition coefficient (Wildman–Crippen LogP) is 3.69. The van der Waals surface area contributed by atoms with Crippen LogP contribution >= 0.6 is 0 Å². The van der Waals surface area contributed by atoms with Crippen LogP contribution < -0.4 is 4.74 Å². The minimum Gasteiger partial charge on any atom is -0.497 e. The molecular weight excluding hydrogens is 282 g/mol. The van der Waals surface area contributed by atoms with Crippen LogP contribution in [0.4, 0.5) is 0 Å². The predicted molar refractivity (Wildman–Crippen MR) is 82.0 cm³/mol. The van der Waals surface area contributed by atoms with Crippen molar-refractivity contribution in [3.05, 3.63) is 48.0 Å². The highest BCUT2D eigenvalue weighted by Gasteiger charge is 2.16. The van der Waals surface area contributed by atoms with E-state index >= 15 is 0 Å². The van der Waals surface area contributed by atoms with Gasteiger partial charge >= 0.3 is 5.97 Å². The van der Waals surface area contributed by atoms with Gasteiger partial charge in [-0.25, -0.2) is 4.98 Å². The monoisotopic (exact) mass is 297 g/mol. The molecule has 0 saturated carbocycles. The molecule has 5 heteroatoms. The Hall–Kier alpha value is -2.82. The molecule has 0 radical (unpaired) electrons. The number of methoxy groups -OCH3 is 1. The van der Waals surface area contributed by atoms with Gasteiger partial charge in [0.05, 0.1) is 13.0 Å². The summed E-state index contributed by atoms with van der Waals surface area (Å²) in [6.07, 6.45) is 0. The number of rotatable bonds is 4. The van der Waals surface area contributed by atoms with Gasteiger partial charge in [-0.05, 0) is 48.9 Å². The Balaban J connectivity index is 2.00. The zero-order valence-corrected chi connectivity index (χ0v) is 12.2. The third-order valence-corrected chi connectivity index (χ3v) is 3.62. The van der Waals surface area contributed by atoms with Gasteiger partial charge in [0.25, 0.3) is 0 Å². The van der Waals surface area contributed by atoms with Crippen LogP contribution in [0, 0.1) is 0 Å². The van der Waals surface area contributed by atoms with Crippen LogP contribution in [0.15, 0.2) is 46.9 Å². The molecule has 0 unspecified atom stereocenters. The molecule has 0 fully saturated rings. The van der Waals surface area contributed by atoms with Gasteiger partial charge in [-0.3, -0.25) is 4.79 Å². The van der Waals surface area contributed by atoms with Crippen LogP contribution in [0.25, 0.3) is 22.6 Å². The Morgan fingerprint density at radius 1 is 1.23 bits per heavy atom. The van der Waals surface area contributed by atoms with Gasteiger partial charge < -0.3 is 14.3 Å². The summed E-state index contributed by atoms with van der Waals surface area (Å²) in [5, 5.41) is 9.08. The number of hydrogen-bond acceptors (Lipinski definition) is 4. The third kappa shape index (κ3) is 2.53. The number of aliphatic carboxylic acids is 1. The number of carboxylic acid groups (broad SMARTS) is 1. The third-order valence-electron chi connectivity index (χ3n) is 3.62. The lowest BCUT2D eigenvalue weighted by molar-refractivity contribution is -0.138. The number of carboxylic acids is 1. The molecule has 22 heavy (non-hydrogen) atoms. The van der Waals surface area contributed by atoms with Gasteiger partial charge in [-0.1, -0.05) is 6.07 Å². The van der Waals surface area contributed by atoms with Crippen molar-refractivity contribution >= 4 is 17.1 Å². The quantitative estimate of drug-likeness (QED) is 0.795. The minimum atomic E-state index is -0.863. The maximum atomic E-state index is 11.1. The van der Waals surface area contributed by atoms with Crippen molar-refractivity contribution in [2.75, 3.05) is 7.11 Å². The van der Waals surface area contributed by atoms with E-state index in [9.17, 15) is 4.79 Å². The maximum absolute atomic E-state index is 11.1. The zero-order chi connectivity index (χ0) is 15.7. The van der Waals surface area contributed by atoms with E-state index in [4.69, 9.17) is 14.3 Å². The fourth-order valence-corrected chi connectivity index (χ4v) is 2.21. The molecule has 0 aliphatic heterocycles. The summed E-state index contributed by atoms with van der Waals surface area (Å²) in [6, 6.07) is 12.7. The number of benzene rings is 2. The molecule has 1 N–H and O–H groups in total. The fraction of sp³-hybridized carbons (Fsp3) is 0.176. The molecular formula is C17H15NO4. The Morgan fingerprint density at radius 3 is 2.59 bits per heavy atom. The molecule has 112 valence electrons. The summed E-state index contributed by atoms with van der Waals surface area (Å²) in [6.45, 7) is 1.65. The van der Waals surface area contributed by atoms with Crippen molar-refractivity contribution < 1.29 is 19.1 Å². The van der Waals surface area contributed by atoms with Gasteiger partial charge in [-0.15, -0.1) is 0 Å². The van der Waals surface area contributed by atoms with Crippen molar-refractivity contribution in [3.63, 3.8) is 0 Å². The summed E-state index contributed by atoms with van der Waals surface area (Å²) in [5.74, 6) is -0.182. The van der Waals surface area contributed by atoms with Gasteiger partial charge in [0.1, 0.15) is 11.3 Å². The van der Waals surface area contributed by atoms with Crippen molar-refractivity contribution in [1.82, 2.24) is 4.98 Å². The number of aromatic nitrogens is 1. The normalized spacial score (nSPS) is 12.3. The fourth-order valence-electron chi connectivity index (χ4n) is 2.21. The van der Waals surface area contributed by atoms with Crippen LogP contribution in [0.3, 0.4) is 0 Å². The first-order valence-electron chi connectivity index (χ1n) is 6.86. The Labute approximate surface area is 127 Å². The van der Waals surface area contributed by atoms with E-state index < -0.39 is 11.9 Å². The molecule has 1 heterocycles. The summed E-state index contributed by atoms with van der Waals surface area (Å²) < 4.78 is 10.8. The second-order valence-electron chi connectivity index (χ2n) is 5.03. The van der Waals surface area contributed by atoms with Gasteiger partial charge in [-0.2, -0.15) is 0 Å². The number of carbonyl (C=O) groups is 1. The standard InChI is InChI=1S/C17H15NO4/c1-10(17(19)20)12-5-8-15-14(9-12)18-16(22-15)11-3-6-13(21-2)7-4-11/h3-10H,1-2H3,(H,19,20)/t10-/m0/s1.